The fourth-order valence-corrected chi connectivity index (χ4v) is 5.12. The van der Waals surface area contributed by atoms with Crippen molar-refractivity contribution in [3.8, 4) is 16.9 Å². The third-order valence-corrected chi connectivity index (χ3v) is 6.98. The first-order chi connectivity index (χ1) is 15.5. The van der Waals surface area contributed by atoms with E-state index in [1.807, 2.05) is 36.0 Å². The minimum Gasteiger partial charge on any atom is -0.491 e. The largest absolute Gasteiger partial charge is 0.491 e. The van der Waals surface area contributed by atoms with E-state index in [0.29, 0.717) is 23.3 Å². The van der Waals surface area contributed by atoms with E-state index >= 15 is 0 Å². The Kier molecular flexibility index (Phi) is 4.97. The minimum absolute atomic E-state index is 0.0981. The molecule has 4 aromatic rings. The summed E-state index contributed by atoms with van der Waals surface area (Å²) in [7, 11) is 0.131. The van der Waals surface area contributed by atoms with Crippen molar-refractivity contribution in [2.75, 3.05) is 29.8 Å². The third kappa shape index (κ3) is 3.44. The van der Waals surface area contributed by atoms with Crippen LogP contribution < -0.4 is 14.4 Å². The lowest BCUT2D eigenvalue weighted by Crippen LogP contribution is -2.17. The monoisotopic (exact) mass is 449 g/mol. The van der Waals surface area contributed by atoms with Gasteiger partial charge in [0.2, 0.25) is 0 Å². The van der Waals surface area contributed by atoms with Gasteiger partial charge in [-0.15, -0.1) is 0 Å². The number of ether oxygens (including phenoxy) is 1. The maximum atomic E-state index is 13.0. The van der Waals surface area contributed by atoms with Crippen molar-refractivity contribution in [1.29, 1.82) is 0 Å². The molecule has 0 saturated heterocycles. The molecule has 32 heavy (non-hydrogen) atoms. The van der Waals surface area contributed by atoms with Crippen LogP contribution in [-0.2, 0) is 17.1 Å². The standard InChI is InChI=1S/C23H23N5O3S/c1-27-12-5-13-31-22-17(7-3-8-20(22)27)18-15-28(2)23-21(18)19(9-11-25-23)26-32(29,30)16-6-4-10-24-14-16/h3-4,6-11,14-15H,5,12-13H2,1-2H3,(H,25,26). The number of fused-ring (bicyclic) bond motifs is 2. The molecule has 164 valence electrons. The number of benzene rings is 1. The first-order valence-corrected chi connectivity index (χ1v) is 11.8. The van der Waals surface area contributed by atoms with Gasteiger partial charge >= 0.3 is 0 Å². The Morgan fingerprint density at radius 1 is 1.06 bits per heavy atom. The van der Waals surface area contributed by atoms with Gasteiger partial charge in [0.15, 0.2) is 0 Å². The number of pyridine rings is 2. The summed E-state index contributed by atoms with van der Waals surface area (Å²) < 4.78 is 36.8. The molecule has 8 nitrogen and oxygen atoms in total. The van der Waals surface area contributed by atoms with Crippen LogP contribution in [0.5, 0.6) is 5.75 Å². The normalized spacial score (nSPS) is 14.0. The highest BCUT2D eigenvalue weighted by molar-refractivity contribution is 7.92. The van der Waals surface area contributed by atoms with E-state index in [2.05, 4.69) is 26.6 Å². The first-order valence-electron chi connectivity index (χ1n) is 10.3. The molecule has 1 aromatic carbocycles. The van der Waals surface area contributed by atoms with Crippen molar-refractivity contribution in [2.24, 2.45) is 7.05 Å². The van der Waals surface area contributed by atoms with Gasteiger partial charge in [0, 0.05) is 56.6 Å². The molecule has 0 amide bonds. The maximum absolute atomic E-state index is 13.0. The molecule has 0 bridgehead atoms. The van der Waals surface area contributed by atoms with Gasteiger partial charge in [0.1, 0.15) is 16.3 Å². The maximum Gasteiger partial charge on any atom is 0.263 e. The minimum atomic E-state index is -3.82. The number of nitrogens with zero attached hydrogens (tertiary/aromatic N) is 4. The number of aromatic nitrogens is 3. The number of anilines is 2. The van der Waals surface area contributed by atoms with Gasteiger partial charge in [-0.3, -0.25) is 9.71 Å². The first kappa shape index (κ1) is 20.3. The number of hydrogen-bond donors (Lipinski definition) is 1. The van der Waals surface area contributed by atoms with Crippen LogP contribution in [0.2, 0.25) is 0 Å². The number of sulfonamides is 1. The zero-order chi connectivity index (χ0) is 22.3. The summed E-state index contributed by atoms with van der Waals surface area (Å²) in [5, 5.41) is 0.714. The zero-order valence-corrected chi connectivity index (χ0v) is 18.6. The Morgan fingerprint density at radius 3 is 2.75 bits per heavy atom. The van der Waals surface area contributed by atoms with Crippen LogP contribution in [0.15, 0.2) is 66.1 Å². The molecule has 1 aliphatic heterocycles. The topological polar surface area (TPSA) is 89.4 Å². The van der Waals surface area contributed by atoms with Crippen LogP contribution in [-0.4, -0.2) is 43.2 Å². The Hall–Kier alpha value is -3.59. The van der Waals surface area contributed by atoms with Crippen LogP contribution in [0.3, 0.4) is 0 Å². The van der Waals surface area contributed by atoms with E-state index in [9.17, 15) is 8.42 Å². The fraction of sp³-hybridized carbons (Fsp3) is 0.217. The Labute approximate surface area is 186 Å². The molecular weight excluding hydrogens is 426 g/mol. The van der Waals surface area contributed by atoms with Gasteiger partial charge in [-0.25, -0.2) is 13.4 Å². The van der Waals surface area contributed by atoms with Gasteiger partial charge in [0.25, 0.3) is 10.0 Å². The number of para-hydroxylation sites is 1. The van der Waals surface area contributed by atoms with Gasteiger partial charge in [0.05, 0.1) is 23.4 Å². The summed E-state index contributed by atoms with van der Waals surface area (Å²) >= 11 is 0. The van der Waals surface area contributed by atoms with Gasteiger partial charge in [-0.2, -0.15) is 0 Å². The highest BCUT2D eigenvalue weighted by Gasteiger charge is 2.23. The van der Waals surface area contributed by atoms with E-state index < -0.39 is 10.0 Å². The summed E-state index contributed by atoms with van der Waals surface area (Å²) in [5.74, 6) is 0.796. The molecule has 0 atom stereocenters. The van der Waals surface area contributed by atoms with Crippen LogP contribution in [0.1, 0.15) is 6.42 Å². The number of hydrogen-bond acceptors (Lipinski definition) is 6. The van der Waals surface area contributed by atoms with Gasteiger partial charge < -0.3 is 14.2 Å². The van der Waals surface area contributed by atoms with E-state index in [1.54, 1.807) is 18.3 Å². The lowest BCUT2D eigenvalue weighted by atomic mass is 10.0. The molecule has 0 radical (unpaired) electrons. The summed E-state index contributed by atoms with van der Waals surface area (Å²) in [6, 6.07) is 10.8. The number of rotatable bonds is 4. The molecule has 0 unspecified atom stereocenters. The van der Waals surface area contributed by atoms with Gasteiger partial charge in [-0.05, 0) is 30.7 Å². The Bertz CT molecular complexity index is 1400. The van der Waals surface area contributed by atoms with Crippen molar-refractivity contribution in [3.63, 3.8) is 0 Å². The molecule has 5 rings (SSSR count). The molecule has 4 heterocycles. The van der Waals surface area contributed by atoms with Crippen molar-refractivity contribution in [1.82, 2.24) is 14.5 Å². The smallest absolute Gasteiger partial charge is 0.263 e. The second-order valence-electron chi connectivity index (χ2n) is 7.78. The lowest BCUT2D eigenvalue weighted by molar-refractivity contribution is 0.324. The molecule has 1 N–H and O–H groups in total. The Morgan fingerprint density at radius 2 is 1.94 bits per heavy atom. The van der Waals surface area contributed by atoms with Crippen LogP contribution in [0.25, 0.3) is 22.2 Å². The molecule has 0 fully saturated rings. The molecule has 0 aliphatic carbocycles. The molecule has 9 heteroatoms. The second kappa shape index (κ2) is 7.83. The van der Waals surface area contributed by atoms with Crippen molar-refractivity contribution < 1.29 is 13.2 Å². The third-order valence-electron chi connectivity index (χ3n) is 5.63. The molecule has 3 aromatic heterocycles. The van der Waals surface area contributed by atoms with E-state index in [4.69, 9.17) is 4.74 Å². The van der Waals surface area contributed by atoms with Crippen LogP contribution in [0.4, 0.5) is 11.4 Å². The highest BCUT2D eigenvalue weighted by atomic mass is 32.2. The number of aryl methyl sites for hydroxylation is 1. The van der Waals surface area contributed by atoms with E-state index in [0.717, 1.165) is 35.5 Å². The Balaban J connectivity index is 1.70. The predicted octanol–water partition coefficient (Wildman–Crippen LogP) is 3.65. The zero-order valence-electron chi connectivity index (χ0n) is 17.8. The van der Waals surface area contributed by atoms with Crippen molar-refractivity contribution in [3.05, 3.63) is 61.2 Å². The van der Waals surface area contributed by atoms with Crippen LogP contribution in [0, 0.1) is 0 Å². The highest BCUT2D eigenvalue weighted by Crippen LogP contribution is 2.44. The lowest BCUT2D eigenvalue weighted by Gasteiger charge is -2.20. The van der Waals surface area contributed by atoms with Crippen molar-refractivity contribution in [2.45, 2.75) is 11.3 Å². The number of nitrogens with one attached hydrogen (secondary N) is 1. The molecule has 0 spiro atoms. The average molecular weight is 450 g/mol. The summed E-state index contributed by atoms with van der Waals surface area (Å²) in [6.45, 7) is 1.53. The van der Waals surface area contributed by atoms with E-state index in [1.165, 1.54) is 18.5 Å². The summed E-state index contributed by atoms with van der Waals surface area (Å²) in [6.07, 6.45) is 7.36. The SMILES string of the molecule is CN1CCCOc2c(-c3cn(C)c4nccc(NS(=O)(=O)c5cccnc5)c34)cccc21. The summed E-state index contributed by atoms with van der Waals surface area (Å²) in [4.78, 5) is 10.7. The molecule has 0 saturated carbocycles. The van der Waals surface area contributed by atoms with Crippen molar-refractivity contribution >= 4 is 32.4 Å². The van der Waals surface area contributed by atoms with Gasteiger partial charge in [-0.1, -0.05) is 12.1 Å². The molecular formula is C23H23N5O3S. The second-order valence-corrected chi connectivity index (χ2v) is 9.46. The van der Waals surface area contributed by atoms with E-state index in [-0.39, 0.29) is 4.90 Å². The quantitative estimate of drug-likeness (QED) is 0.512. The summed E-state index contributed by atoms with van der Waals surface area (Å²) in [5.41, 5.74) is 3.89. The predicted molar refractivity (Wildman–Crippen MR) is 125 cm³/mol. The average Bonchev–Trinajstić information content (AvgIpc) is 3.02. The van der Waals surface area contributed by atoms with Crippen LogP contribution >= 0.6 is 0 Å². The molecule has 1 aliphatic rings. The fourth-order valence-electron chi connectivity index (χ4n) is 4.09.